The summed E-state index contributed by atoms with van der Waals surface area (Å²) in [4.78, 5) is 18.7. The van der Waals surface area contributed by atoms with E-state index < -0.39 is 5.97 Å². The number of rotatable bonds is 2. The first-order valence-corrected chi connectivity index (χ1v) is 14.5. The number of carbonyl (C=O) groups is 1. The summed E-state index contributed by atoms with van der Waals surface area (Å²) in [6.45, 7) is 14.4. The van der Waals surface area contributed by atoms with E-state index in [0.717, 1.165) is 18.3 Å². The van der Waals surface area contributed by atoms with Crippen molar-refractivity contribution in [2.45, 2.75) is 71.6 Å². The summed E-state index contributed by atoms with van der Waals surface area (Å²) < 4.78 is 0. The Labute approximate surface area is 257 Å². The van der Waals surface area contributed by atoms with E-state index >= 15 is 0 Å². The molecule has 2 aromatic carbocycles. The van der Waals surface area contributed by atoms with Crippen molar-refractivity contribution in [2.24, 2.45) is 28.2 Å². The Bertz CT molecular complexity index is 1550. The van der Waals surface area contributed by atoms with Gasteiger partial charge in [-0.15, -0.1) is 34.9 Å². The van der Waals surface area contributed by atoms with Crippen LogP contribution < -0.4 is 0 Å². The normalized spacial score (nSPS) is 25.2. The minimum atomic E-state index is -0.990. The van der Waals surface area contributed by atoms with E-state index in [9.17, 15) is 4.79 Å². The van der Waals surface area contributed by atoms with Crippen LogP contribution >= 0.6 is 0 Å². The molecule has 1 aliphatic heterocycles. The van der Waals surface area contributed by atoms with Crippen molar-refractivity contribution >= 4 is 11.7 Å². The van der Waals surface area contributed by atoms with Gasteiger partial charge in [0.05, 0.1) is 0 Å². The Hall–Kier alpha value is -2.88. The number of aromatic nitrogens is 1. The van der Waals surface area contributed by atoms with Crippen molar-refractivity contribution in [1.82, 2.24) is 4.98 Å². The molecule has 8 rings (SSSR count). The third-order valence-corrected chi connectivity index (χ3v) is 10.5. The Kier molecular flexibility index (Phi) is 7.54. The molecular weight excluding hydrogens is 685 g/mol. The third kappa shape index (κ3) is 4.76. The number of carboxylic acid groups (broad SMARTS) is 1. The van der Waals surface area contributed by atoms with E-state index in [1.54, 1.807) is 17.7 Å². The number of nitrogens with zero attached hydrogens (tertiary/aromatic N) is 2. The van der Waals surface area contributed by atoms with Gasteiger partial charge in [0.1, 0.15) is 5.69 Å². The average molecular weight is 724 g/mol. The molecule has 0 spiro atoms. The number of carboxylic acids is 1. The first-order valence-electron chi connectivity index (χ1n) is 14.5. The number of benzene rings is 2. The zero-order valence-corrected chi connectivity index (χ0v) is 27.2. The number of pyridine rings is 1. The van der Waals surface area contributed by atoms with Crippen LogP contribution in [0, 0.1) is 29.2 Å². The standard InChI is InChI=1S/C30H34N.C6H5NO2.Ir/c1-28(2)20-13-19-15-27(31-17-21(19)25(28)16-20)18-11-12-24-26(14-18)30(5,6)23-10-8-7-9-22(23)29(24,3)4;8-6(9)5-3-1-2-4-7-5;/h7-10,12,14,17,19-20,25H,13,15-16H2,1-6H3;1-4H,(H,8,9);/q-1;;. The fourth-order valence-electron chi connectivity index (χ4n) is 7.81. The van der Waals surface area contributed by atoms with E-state index in [-0.39, 0.29) is 36.6 Å². The summed E-state index contributed by atoms with van der Waals surface area (Å²) in [7, 11) is 0. The van der Waals surface area contributed by atoms with Gasteiger partial charge in [0.25, 0.3) is 0 Å². The SMILES string of the molecule is CC1(C)c2c[c-]c(C3=NC=C4C(C3)CC3CC4C3(C)C)cc2C(C)(C)c2ccccc21.O=C(O)c1ccccn1.[Ir]. The zero-order valence-electron chi connectivity index (χ0n) is 24.8. The maximum absolute atomic E-state index is 10.1. The molecule has 2 heterocycles. The minimum Gasteiger partial charge on any atom is -0.477 e. The largest absolute Gasteiger partial charge is 0.477 e. The van der Waals surface area contributed by atoms with E-state index in [4.69, 9.17) is 10.1 Å². The first-order chi connectivity index (χ1) is 18.9. The van der Waals surface area contributed by atoms with Gasteiger partial charge in [0.15, 0.2) is 0 Å². The topological polar surface area (TPSA) is 62.5 Å². The molecule has 41 heavy (non-hydrogen) atoms. The minimum absolute atomic E-state index is 0. The van der Waals surface area contributed by atoms with Crippen LogP contribution in [0.5, 0.6) is 0 Å². The molecule has 3 unspecified atom stereocenters. The number of aromatic carboxylic acids is 1. The quantitative estimate of drug-likeness (QED) is 0.273. The van der Waals surface area contributed by atoms with Crippen molar-refractivity contribution in [3.63, 3.8) is 0 Å². The summed E-state index contributed by atoms with van der Waals surface area (Å²) in [5, 5.41) is 8.32. The molecule has 2 bridgehead atoms. The van der Waals surface area contributed by atoms with E-state index in [2.05, 4.69) is 95.2 Å². The summed E-state index contributed by atoms with van der Waals surface area (Å²) in [5.74, 6) is 1.35. The number of fused-ring (bicyclic) bond motifs is 2. The van der Waals surface area contributed by atoms with Gasteiger partial charge in [-0.2, -0.15) is 0 Å². The molecule has 215 valence electrons. The van der Waals surface area contributed by atoms with Gasteiger partial charge in [-0.05, 0) is 87.8 Å². The Morgan fingerprint density at radius 3 is 2.15 bits per heavy atom. The second-order valence-electron chi connectivity index (χ2n) is 13.6. The van der Waals surface area contributed by atoms with Crippen molar-refractivity contribution < 1.29 is 30.0 Å². The van der Waals surface area contributed by atoms with Gasteiger partial charge in [-0.1, -0.05) is 71.9 Å². The molecule has 5 heteroatoms. The van der Waals surface area contributed by atoms with Crippen LogP contribution in [-0.2, 0) is 30.9 Å². The van der Waals surface area contributed by atoms with Crippen LogP contribution in [0.3, 0.4) is 0 Å². The van der Waals surface area contributed by atoms with Crippen molar-refractivity contribution in [2.75, 3.05) is 0 Å². The molecule has 4 nitrogen and oxygen atoms in total. The molecule has 1 radical (unpaired) electrons. The third-order valence-electron chi connectivity index (χ3n) is 10.5. The predicted octanol–water partition coefficient (Wildman–Crippen LogP) is 7.99. The van der Waals surface area contributed by atoms with Gasteiger partial charge in [0, 0.05) is 32.5 Å². The van der Waals surface area contributed by atoms with Gasteiger partial charge < -0.3 is 10.1 Å². The number of hydrogen-bond acceptors (Lipinski definition) is 3. The second-order valence-corrected chi connectivity index (χ2v) is 13.6. The predicted molar refractivity (Wildman–Crippen MR) is 160 cm³/mol. The zero-order chi connectivity index (χ0) is 28.4. The molecule has 5 aliphatic rings. The molecule has 0 amide bonds. The van der Waals surface area contributed by atoms with Crippen LogP contribution in [0.1, 0.15) is 99.1 Å². The Morgan fingerprint density at radius 1 is 0.902 bits per heavy atom. The van der Waals surface area contributed by atoms with Gasteiger partial charge >= 0.3 is 5.97 Å². The molecule has 0 saturated heterocycles. The van der Waals surface area contributed by atoms with Gasteiger partial charge in [0.2, 0.25) is 0 Å². The monoisotopic (exact) mass is 724 g/mol. The average Bonchev–Trinajstić information content (AvgIpc) is 2.96. The van der Waals surface area contributed by atoms with E-state index in [1.165, 1.54) is 58.6 Å². The van der Waals surface area contributed by atoms with Crippen LogP contribution in [0.25, 0.3) is 0 Å². The van der Waals surface area contributed by atoms with Gasteiger partial charge in [-0.25, -0.2) is 9.78 Å². The Balaban J connectivity index is 0.000000291. The van der Waals surface area contributed by atoms with Gasteiger partial charge in [-0.3, -0.25) is 0 Å². The van der Waals surface area contributed by atoms with Crippen molar-refractivity contribution in [1.29, 1.82) is 0 Å². The van der Waals surface area contributed by atoms with Crippen LogP contribution in [-0.4, -0.2) is 21.8 Å². The summed E-state index contributed by atoms with van der Waals surface area (Å²) >= 11 is 0. The molecule has 3 aromatic rings. The molecule has 3 fully saturated rings. The smallest absolute Gasteiger partial charge is 0.354 e. The number of hydrogen-bond donors (Lipinski definition) is 1. The number of allylic oxidation sites excluding steroid dienone is 1. The number of aliphatic imine (C=N–C) groups is 1. The molecule has 1 aromatic heterocycles. The van der Waals surface area contributed by atoms with Crippen molar-refractivity contribution in [3.8, 4) is 0 Å². The fourth-order valence-corrected chi connectivity index (χ4v) is 7.81. The fraction of sp³-hybridized carbons (Fsp3) is 0.417. The molecular formula is C36H39IrN2O2-. The van der Waals surface area contributed by atoms with Crippen LogP contribution in [0.15, 0.2) is 77.6 Å². The van der Waals surface area contributed by atoms with Crippen molar-refractivity contribution in [3.05, 3.63) is 112 Å². The molecule has 4 aliphatic carbocycles. The maximum atomic E-state index is 10.1. The second kappa shape index (κ2) is 10.4. The maximum Gasteiger partial charge on any atom is 0.354 e. The summed E-state index contributed by atoms with van der Waals surface area (Å²) in [5.41, 5.74) is 10.4. The van der Waals surface area contributed by atoms with E-state index in [0.29, 0.717) is 11.3 Å². The summed E-state index contributed by atoms with van der Waals surface area (Å²) in [6.07, 6.45) is 7.50. The van der Waals surface area contributed by atoms with E-state index in [1.807, 2.05) is 0 Å². The molecule has 3 atom stereocenters. The molecule has 3 saturated carbocycles. The van der Waals surface area contributed by atoms with Crippen LogP contribution in [0.4, 0.5) is 0 Å². The molecule has 1 N–H and O–H groups in total. The first kappa shape index (κ1) is 29.6. The van der Waals surface area contributed by atoms with Crippen LogP contribution in [0.2, 0.25) is 0 Å². The Morgan fingerprint density at radius 2 is 1.56 bits per heavy atom. The summed E-state index contributed by atoms with van der Waals surface area (Å²) in [6, 6.07) is 22.1.